The van der Waals surface area contributed by atoms with E-state index in [2.05, 4.69) is 20.1 Å². The average molecular weight is 371 g/mol. The third kappa shape index (κ3) is 15.5. The highest BCUT2D eigenvalue weighted by molar-refractivity contribution is 7.25. The monoisotopic (exact) mass is 370 g/mol. The van der Waals surface area contributed by atoms with Gasteiger partial charge < -0.3 is 0 Å². The molecule has 0 spiro atoms. The third-order valence-electron chi connectivity index (χ3n) is 5.09. The molecule has 142 valence electrons. The highest BCUT2D eigenvalue weighted by Gasteiger charge is 2.21. The fraction of sp³-hybridized carbons (Fsp3) is 0.818. The molecule has 0 N–H and O–H groups in total. The summed E-state index contributed by atoms with van der Waals surface area (Å²) in [5.74, 6) is 0. The van der Waals surface area contributed by atoms with E-state index >= 15 is 0 Å². The lowest BCUT2D eigenvalue weighted by Crippen LogP contribution is -2.20. The van der Waals surface area contributed by atoms with E-state index in [1.165, 1.54) is 103 Å². The number of rotatable bonds is 19. The first kappa shape index (κ1) is 24.0. The lowest BCUT2D eigenvalue weighted by molar-refractivity contribution is 0.531. The molecule has 0 heterocycles. The minimum absolute atomic E-state index is 1.11. The van der Waals surface area contributed by atoms with E-state index in [0.717, 1.165) is 6.04 Å². The predicted molar refractivity (Wildman–Crippen MR) is 116 cm³/mol. The number of halogens is 1. The number of hydrogen-bond donors (Lipinski definition) is 0. The summed E-state index contributed by atoms with van der Waals surface area (Å²) in [7, 11) is -1.80. The van der Waals surface area contributed by atoms with Crippen LogP contribution in [0.25, 0.3) is 0 Å². The SMILES string of the molecule is C=C[Si](Cl)(C=C)CCCCCCCCCCCCCCCCCC. The van der Waals surface area contributed by atoms with Gasteiger partial charge >= 0.3 is 0 Å². The topological polar surface area (TPSA) is 0 Å². The van der Waals surface area contributed by atoms with Gasteiger partial charge in [-0.05, 0) is 6.04 Å². The molecule has 0 radical (unpaired) electrons. The summed E-state index contributed by atoms with van der Waals surface area (Å²) in [6, 6.07) is 1.11. The Bertz CT molecular complexity index is 280. The molecule has 0 unspecified atom stereocenters. The lowest BCUT2D eigenvalue weighted by Gasteiger charge is -2.14. The van der Waals surface area contributed by atoms with E-state index in [4.69, 9.17) is 11.1 Å². The Kier molecular flexibility index (Phi) is 17.8. The highest BCUT2D eigenvalue weighted by atomic mass is 35.6. The van der Waals surface area contributed by atoms with Crippen LogP contribution in [-0.2, 0) is 0 Å². The van der Waals surface area contributed by atoms with Crippen LogP contribution in [0.3, 0.4) is 0 Å². The largest absolute Gasteiger partial charge is 0.202 e. The summed E-state index contributed by atoms with van der Waals surface area (Å²) in [4.78, 5) is 0. The Morgan fingerprint density at radius 2 is 0.875 bits per heavy atom. The van der Waals surface area contributed by atoms with Crippen molar-refractivity contribution in [3.8, 4) is 0 Å². The Hall–Kier alpha value is -0.0131. The first-order chi connectivity index (χ1) is 11.7. The number of unbranched alkanes of at least 4 members (excludes halogenated alkanes) is 15. The van der Waals surface area contributed by atoms with Crippen molar-refractivity contribution in [3.05, 3.63) is 24.6 Å². The Balaban J connectivity index is 3.15. The zero-order valence-corrected chi connectivity index (χ0v) is 18.2. The zero-order valence-electron chi connectivity index (χ0n) is 16.5. The molecule has 0 saturated heterocycles. The molecule has 0 aromatic rings. The molecule has 0 nitrogen and oxygen atoms in total. The maximum atomic E-state index is 6.48. The van der Waals surface area contributed by atoms with Crippen LogP contribution in [0.5, 0.6) is 0 Å². The van der Waals surface area contributed by atoms with Crippen LogP contribution in [0.4, 0.5) is 0 Å². The van der Waals surface area contributed by atoms with Crippen LogP contribution in [0, 0.1) is 0 Å². The Morgan fingerprint density at radius 3 is 1.17 bits per heavy atom. The quantitative estimate of drug-likeness (QED) is 0.121. The number of hydrogen-bond acceptors (Lipinski definition) is 0. The predicted octanol–water partition coefficient (Wildman–Crippen LogP) is 8.88. The average Bonchev–Trinajstić information content (AvgIpc) is 2.61. The first-order valence-corrected chi connectivity index (χ1v) is 14.0. The molecule has 0 aliphatic rings. The van der Waals surface area contributed by atoms with Crippen molar-refractivity contribution in [1.29, 1.82) is 0 Å². The van der Waals surface area contributed by atoms with Crippen molar-refractivity contribution in [2.45, 2.75) is 116 Å². The standard InChI is InChI=1S/C22H43ClSi/c1-4-7-8-9-10-11-12-13-14-15-16-17-18-19-20-21-22-24(23,5-2)6-3/h5-6H,2-4,7-22H2,1H3. The van der Waals surface area contributed by atoms with Crippen LogP contribution in [-0.4, -0.2) is 7.38 Å². The van der Waals surface area contributed by atoms with Crippen LogP contribution < -0.4 is 0 Å². The Labute approximate surface area is 158 Å². The fourth-order valence-electron chi connectivity index (χ4n) is 3.23. The molecule has 0 amide bonds. The fourth-order valence-corrected chi connectivity index (χ4v) is 5.00. The summed E-state index contributed by atoms with van der Waals surface area (Å²) in [5, 5.41) is 0. The van der Waals surface area contributed by atoms with Gasteiger partial charge in [0.15, 0.2) is 0 Å². The second-order valence-corrected chi connectivity index (χ2v) is 12.7. The molecule has 0 saturated carbocycles. The molecule has 0 aliphatic carbocycles. The zero-order chi connectivity index (χ0) is 17.9. The van der Waals surface area contributed by atoms with Crippen molar-refractivity contribution < 1.29 is 0 Å². The minimum Gasteiger partial charge on any atom is -0.156 e. The van der Waals surface area contributed by atoms with Crippen LogP contribution in [0.2, 0.25) is 6.04 Å². The van der Waals surface area contributed by atoms with Crippen molar-refractivity contribution in [1.82, 2.24) is 0 Å². The van der Waals surface area contributed by atoms with Gasteiger partial charge in [-0.2, -0.15) is 11.1 Å². The second-order valence-electron chi connectivity index (χ2n) is 7.39. The summed E-state index contributed by atoms with van der Waals surface area (Å²) >= 11 is 6.48. The van der Waals surface area contributed by atoms with Crippen LogP contribution >= 0.6 is 11.1 Å². The Morgan fingerprint density at radius 1 is 0.583 bits per heavy atom. The van der Waals surface area contributed by atoms with Gasteiger partial charge in [-0.3, -0.25) is 0 Å². The van der Waals surface area contributed by atoms with Crippen LogP contribution in [0.15, 0.2) is 24.6 Å². The van der Waals surface area contributed by atoms with Crippen molar-refractivity contribution in [2.75, 3.05) is 0 Å². The molecular formula is C22H43ClSi. The van der Waals surface area contributed by atoms with Gasteiger partial charge in [-0.1, -0.05) is 121 Å². The molecule has 0 aromatic carbocycles. The summed E-state index contributed by atoms with van der Waals surface area (Å²) in [6.45, 7) is 10.00. The lowest BCUT2D eigenvalue weighted by atomic mass is 10.0. The maximum absolute atomic E-state index is 6.48. The van der Waals surface area contributed by atoms with Gasteiger partial charge in [0.05, 0.1) is 0 Å². The molecule has 0 aliphatic heterocycles. The van der Waals surface area contributed by atoms with E-state index in [1.807, 2.05) is 11.4 Å². The van der Waals surface area contributed by atoms with Crippen molar-refractivity contribution in [3.63, 3.8) is 0 Å². The second kappa shape index (κ2) is 17.8. The van der Waals surface area contributed by atoms with Crippen molar-refractivity contribution >= 4 is 18.5 Å². The van der Waals surface area contributed by atoms with E-state index in [-0.39, 0.29) is 0 Å². The molecule has 0 atom stereocenters. The van der Waals surface area contributed by atoms with Gasteiger partial charge in [0.2, 0.25) is 7.38 Å². The highest BCUT2D eigenvalue weighted by Crippen LogP contribution is 2.22. The normalized spacial score (nSPS) is 11.6. The first-order valence-electron chi connectivity index (χ1n) is 10.6. The summed E-state index contributed by atoms with van der Waals surface area (Å²) < 4.78 is 0. The van der Waals surface area contributed by atoms with Gasteiger partial charge in [-0.25, -0.2) is 0 Å². The van der Waals surface area contributed by atoms with Gasteiger partial charge in [0, 0.05) is 0 Å². The van der Waals surface area contributed by atoms with E-state index in [9.17, 15) is 0 Å². The summed E-state index contributed by atoms with van der Waals surface area (Å²) in [5.41, 5.74) is 3.90. The maximum Gasteiger partial charge on any atom is 0.202 e. The van der Waals surface area contributed by atoms with Crippen LogP contribution in [0.1, 0.15) is 110 Å². The molecule has 0 fully saturated rings. The van der Waals surface area contributed by atoms with Gasteiger partial charge in [-0.15, -0.1) is 13.2 Å². The van der Waals surface area contributed by atoms with E-state index in [0.29, 0.717) is 0 Å². The molecule has 2 heteroatoms. The smallest absolute Gasteiger partial charge is 0.156 e. The third-order valence-corrected chi connectivity index (χ3v) is 9.06. The molecular weight excluding hydrogens is 328 g/mol. The van der Waals surface area contributed by atoms with Gasteiger partial charge in [0.1, 0.15) is 0 Å². The summed E-state index contributed by atoms with van der Waals surface area (Å²) in [6.07, 6.45) is 22.6. The van der Waals surface area contributed by atoms with Gasteiger partial charge in [0.25, 0.3) is 0 Å². The molecule has 0 rings (SSSR count). The molecule has 24 heavy (non-hydrogen) atoms. The van der Waals surface area contributed by atoms with Crippen molar-refractivity contribution in [2.24, 2.45) is 0 Å². The molecule has 0 bridgehead atoms. The molecule has 0 aromatic heterocycles. The van der Waals surface area contributed by atoms with E-state index < -0.39 is 7.38 Å². The minimum atomic E-state index is -1.80. The van der Waals surface area contributed by atoms with E-state index in [1.54, 1.807) is 0 Å².